The van der Waals surface area contributed by atoms with Crippen molar-refractivity contribution in [2.24, 2.45) is 0 Å². The molecule has 62 valence electrons. The Morgan fingerprint density at radius 2 is 2.45 bits per heavy atom. The van der Waals surface area contributed by atoms with E-state index in [1.165, 1.54) is 0 Å². The van der Waals surface area contributed by atoms with Gasteiger partial charge in [-0.25, -0.2) is 0 Å². The predicted octanol–water partition coefficient (Wildman–Crippen LogP) is 1.61. The van der Waals surface area contributed by atoms with E-state index in [0.29, 0.717) is 17.7 Å². The van der Waals surface area contributed by atoms with Crippen molar-refractivity contribution in [3.05, 3.63) is 10.6 Å². The largest absolute Gasteiger partial charge is 0.304 e. The summed E-state index contributed by atoms with van der Waals surface area (Å²) in [5, 5.41) is 6.53. The number of alkyl halides is 1. The molecule has 0 aromatic carbocycles. The monoisotopic (exact) mass is 175 g/mol. The van der Waals surface area contributed by atoms with E-state index >= 15 is 0 Å². The molecular weight excluding hydrogens is 165 g/mol. The molecule has 0 amide bonds. The number of halogens is 1. The van der Waals surface area contributed by atoms with E-state index in [0.717, 1.165) is 5.82 Å². The summed E-state index contributed by atoms with van der Waals surface area (Å²) < 4.78 is 14.1. The third kappa shape index (κ3) is 1.86. The summed E-state index contributed by atoms with van der Waals surface area (Å²) in [6, 6.07) is 0. The Labute approximate surface area is 69.2 Å². The van der Waals surface area contributed by atoms with Gasteiger partial charge in [-0.05, 0) is 25.6 Å². The number of rotatable bonds is 3. The van der Waals surface area contributed by atoms with Crippen molar-refractivity contribution in [2.45, 2.75) is 19.9 Å². The lowest BCUT2D eigenvalue weighted by molar-refractivity contribution is 0.443. The maximum absolute atomic E-state index is 11.8. The van der Waals surface area contributed by atoms with E-state index in [9.17, 15) is 4.39 Å². The first-order chi connectivity index (χ1) is 5.25. The van der Waals surface area contributed by atoms with E-state index < -0.39 is 0 Å². The molecule has 0 atom stereocenters. The van der Waals surface area contributed by atoms with Crippen LogP contribution in [0, 0.1) is 11.7 Å². The summed E-state index contributed by atoms with van der Waals surface area (Å²) in [4.78, 5) is 0. The molecule has 0 saturated carbocycles. The summed E-state index contributed by atoms with van der Waals surface area (Å²) in [7, 11) is 0. The fourth-order valence-corrected chi connectivity index (χ4v) is 1.15. The van der Waals surface area contributed by atoms with Gasteiger partial charge in [0.25, 0.3) is 0 Å². The van der Waals surface area contributed by atoms with Gasteiger partial charge < -0.3 is 4.57 Å². The second-order valence-electron chi connectivity index (χ2n) is 2.27. The van der Waals surface area contributed by atoms with Crippen molar-refractivity contribution >= 4 is 12.2 Å². The number of hydrogen-bond acceptors (Lipinski definition) is 2. The Hall–Kier alpha value is -0.710. The number of H-pyrrole nitrogens is 1. The van der Waals surface area contributed by atoms with Gasteiger partial charge in [-0.3, -0.25) is 9.49 Å². The summed E-state index contributed by atoms with van der Waals surface area (Å²) >= 11 is 4.91. The van der Waals surface area contributed by atoms with Crippen molar-refractivity contribution < 1.29 is 4.39 Å². The zero-order chi connectivity index (χ0) is 8.27. The SMILES string of the molecule is Cc1n[nH]c(=S)n1CCCF. The molecule has 0 radical (unpaired) electrons. The molecule has 0 aliphatic heterocycles. The Morgan fingerprint density at radius 3 is 2.91 bits per heavy atom. The van der Waals surface area contributed by atoms with Crippen molar-refractivity contribution in [1.29, 1.82) is 0 Å². The molecule has 0 spiro atoms. The molecule has 0 bridgehead atoms. The Kier molecular flexibility index (Phi) is 2.76. The lowest BCUT2D eigenvalue weighted by atomic mass is 10.4. The summed E-state index contributed by atoms with van der Waals surface area (Å²) in [5.41, 5.74) is 0. The summed E-state index contributed by atoms with van der Waals surface area (Å²) in [6.07, 6.45) is 0.495. The first-order valence-corrected chi connectivity index (χ1v) is 3.84. The van der Waals surface area contributed by atoms with Crippen LogP contribution < -0.4 is 0 Å². The maximum atomic E-state index is 11.8. The van der Waals surface area contributed by atoms with Crippen molar-refractivity contribution in [2.75, 3.05) is 6.67 Å². The first-order valence-electron chi connectivity index (χ1n) is 3.43. The minimum atomic E-state index is -0.313. The molecular formula is C6H10FN3S. The number of nitrogens with one attached hydrogen (secondary N) is 1. The van der Waals surface area contributed by atoms with E-state index in [4.69, 9.17) is 12.2 Å². The van der Waals surface area contributed by atoms with Crippen LogP contribution in [0.5, 0.6) is 0 Å². The number of aromatic amines is 1. The highest BCUT2D eigenvalue weighted by Gasteiger charge is 1.98. The van der Waals surface area contributed by atoms with Crippen molar-refractivity contribution in [3.63, 3.8) is 0 Å². The predicted molar refractivity (Wildman–Crippen MR) is 42.7 cm³/mol. The summed E-state index contributed by atoms with van der Waals surface area (Å²) in [6.45, 7) is 2.13. The van der Waals surface area contributed by atoms with Crippen LogP contribution in [0.25, 0.3) is 0 Å². The van der Waals surface area contributed by atoms with Gasteiger partial charge in [0.15, 0.2) is 4.77 Å². The van der Waals surface area contributed by atoms with Crippen LogP contribution in [0.1, 0.15) is 12.2 Å². The van der Waals surface area contributed by atoms with Gasteiger partial charge in [-0.1, -0.05) is 0 Å². The van der Waals surface area contributed by atoms with E-state index in [2.05, 4.69) is 10.2 Å². The fourth-order valence-electron chi connectivity index (χ4n) is 0.878. The van der Waals surface area contributed by atoms with Gasteiger partial charge in [-0.2, -0.15) is 5.10 Å². The topological polar surface area (TPSA) is 33.6 Å². The highest BCUT2D eigenvalue weighted by atomic mass is 32.1. The van der Waals surface area contributed by atoms with Crippen LogP contribution in [0.3, 0.4) is 0 Å². The zero-order valence-corrected chi connectivity index (χ0v) is 7.12. The average molecular weight is 175 g/mol. The molecule has 11 heavy (non-hydrogen) atoms. The van der Waals surface area contributed by atoms with Gasteiger partial charge in [0.2, 0.25) is 0 Å². The van der Waals surface area contributed by atoms with Gasteiger partial charge in [0.05, 0.1) is 6.67 Å². The quantitative estimate of drug-likeness (QED) is 0.708. The second kappa shape index (κ2) is 3.61. The van der Waals surface area contributed by atoms with Crippen molar-refractivity contribution in [1.82, 2.24) is 14.8 Å². The Balaban J connectivity index is 2.75. The second-order valence-corrected chi connectivity index (χ2v) is 2.66. The van der Waals surface area contributed by atoms with E-state index in [1.807, 2.05) is 6.92 Å². The molecule has 0 aliphatic carbocycles. The molecule has 0 saturated heterocycles. The Morgan fingerprint density at radius 1 is 1.73 bits per heavy atom. The number of nitrogens with zero attached hydrogens (tertiary/aromatic N) is 2. The molecule has 1 heterocycles. The van der Waals surface area contributed by atoms with Crippen LogP contribution in [-0.2, 0) is 6.54 Å². The maximum Gasteiger partial charge on any atom is 0.195 e. The molecule has 0 aliphatic rings. The zero-order valence-electron chi connectivity index (χ0n) is 6.30. The molecule has 1 aromatic rings. The van der Waals surface area contributed by atoms with Gasteiger partial charge in [0.1, 0.15) is 5.82 Å². The van der Waals surface area contributed by atoms with E-state index in [-0.39, 0.29) is 6.67 Å². The minimum Gasteiger partial charge on any atom is -0.304 e. The number of aryl methyl sites for hydroxylation is 1. The highest BCUT2D eigenvalue weighted by molar-refractivity contribution is 7.71. The molecule has 1 rings (SSSR count). The normalized spacial score (nSPS) is 10.4. The van der Waals surface area contributed by atoms with Crippen LogP contribution in [0.15, 0.2) is 0 Å². The lowest BCUT2D eigenvalue weighted by Crippen LogP contribution is -2.01. The van der Waals surface area contributed by atoms with Crippen molar-refractivity contribution in [3.8, 4) is 0 Å². The number of aromatic nitrogens is 3. The third-order valence-electron chi connectivity index (χ3n) is 1.46. The molecule has 0 unspecified atom stereocenters. The average Bonchev–Trinajstić information content (AvgIpc) is 2.29. The Bertz CT molecular complexity index is 278. The fraction of sp³-hybridized carbons (Fsp3) is 0.667. The van der Waals surface area contributed by atoms with Crippen LogP contribution in [0.2, 0.25) is 0 Å². The lowest BCUT2D eigenvalue weighted by Gasteiger charge is -1.99. The van der Waals surface area contributed by atoms with Crippen LogP contribution in [-0.4, -0.2) is 21.4 Å². The smallest absolute Gasteiger partial charge is 0.195 e. The minimum absolute atomic E-state index is 0.313. The molecule has 0 fully saturated rings. The van der Waals surface area contributed by atoms with E-state index in [1.54, 1.807) is 4.57 Å². The standard InChI is InChI=1S/C6H10FN3S/c1-5-8-9-6(11)10(5)4-2-3-7/h2-4H2,1H3,(H,9,11). The molecule has 3 nitrogen and oxygen atoms in total. The highest BCUT2D eigenvalue weighted by Crippen LogP contribution is 1.97. The van der Waals surface area contributed by atoms with Crippen LogP contribution >= 0.6 is 12.2 Å². The summed E-state index contributed by atoms with van der Waals surface area (Å²) in [5.74, 6) is 0.809. The van der Waals surface area contributed by atoms with Gasteiger partial charge in [-0.15, -0.1) is 0 Å². The first kappa shape index (κ1) is 8.39. The van der Waals surface area contributed by atoms with Crippen LogP contribution in [0.4, 0.5) is 4.39 Å². The van der Waals surface area contributed by atoms with Gasteiger partial charge in [0, 0.05) is 6.54 Å². The number of hydrogen-bond donors (Lipinski definition) is 1. The molecule has 5 heteroatoms. The molecule has 1 aromatic heterocycles. The third-order valence-corrected chi connectivity index (χ3v) is 1.78. The van der Waals surface area contributed by atoms with Gasteiger partial charge >= 0.3 is 0 Å². The molecule has 1 N–H and O–H groups in total.